The van der Waals surface area contributed by atoms with Crippen molar-refractivity contribution in [3.8, 4) is 0 Å². The van der Waals surface area contributed by atoms with E-state index in [-0.39, 0.29) is 23.9 Å². The molecule has 4 N–H and O–H groups in total. The molecule has 1 aromatic heterocycles. The largest absolute Gasteiger partial charge is 0.399 e. The van der Waals surface area contributed by atoms with Crippen molar-refractivity contribution in [1.82, 2.24) is 4.98 Å². The van der Waals surface area contributed by atoms with Gasteiger partial charge in [0.1, 0.15) is 0 Å². The van der Waals surface area contributed by atoms with Crippen LogP contribution >= 0.6 is 11.6 Å². The molecule has 0 saturated heterocycles. The normalized spacial score (nSPS) is 10.4. The van der Waals surface area contributed by atoms with E-state index in [0.717, 1.165) is 11.6 Å². The fourth-order valence-corrected chi connectivity index (χ4v) is 2.02. The van der Waals surface area contributed by atoms with Gasteiger partial charge in [-0.05, 0) is 23.8 Å². The van der Waals surface area contributed by atoms with Crippen molar-refractivity contribution in [1.29, 1.82) is 0 Å². The Morgan fingerprint density at radius 3 is 2.57 bits per heavy atom. The van der Waals surface area contributed by atoms with Crippen LogP contribution in [-0.4, -0.2) is 17.4 Å². The van der Waals surface area contributed by atoms with Crippen LogP contribution in [0, 0.1) is 5.82 Å². The number of halogens is 2. The van der Waals surface area contributed by atoms with Crippen LogP contribution in [0.4, 0.5) is 15.9 Å². The summed E-state index contributed by atoms with van der Waals surface area (Å²) in [5, 5.41) is 0.183. The number of carbonyl (C=O) groups excluding carboxylic acids is 1. The number of aromatic nitrogens is 1. The van der Waals surface area contributed by atoms with Crippen molar-refractivity contribution in [3.63, 3.8) is 0 Å². The molecule has 0 atom stereocenters. The maximum Gasteiger partial charge on any atom is 0.237 e. The summed E-state index contributed by atoms with van der Waals surface area (Å²) >= 11 is 5.68. The minimum Gasteiger partial charge on any atom is -0.399 e. The minimum atomic E-state index is -0.612. The summed E-state index contributed by atoms with van der Waals surface area (Å²) in [7, 11) is 0. The lowest BCUT2D eigenvalue weighted by Crippen LogP contribution is -2.34. The van der Waals surface area contributed by atoms with Crippen LogP contribution in [0.1, 0.15) is 5.56 Å². The Hall–Kier alpha value is -2.34. The Kier molecular flexibility index (Phi) is 4.59. The molecular formula is C14H14ClFN4O. The number of amides is 1. The van der Waals surface area contributed by atoms with Gasteiger partial charge in [0.05, 0.1) is 11.6 Å². The van der Waals surface area contributed by atoms with Crippen LogP contribution in [0.15, 0.2) is 36.5 Å². The number of nitrogens with two attached hydrogens (primary N) is 2. The number of primary amides is 1. The number of rotatable bonds is 5. The predicted molar refractivity (Wildman–Crippen MR) is 80.3 cm³/mol. The highest BCUT2D eigenvalue weighted by Crippen LogP contribution is 2.21. The van der Waals surface area contributed by atoms with Gasteiger partial charge in [-0.25, -0.2) is 9.37 Å². The van der Waals surface area contributed by atoms with E-state index >= 15 is 0 Å². The summed E-state index contributed by atoms with van der Waals surface area (Å²) < 4.78 is 14.0. The first-order valence-electron chi connectivity index (χ1n) is 6.14. The van der Waals surface area contributed by atoms with Gasteiger partial charge in [0.2, 0.25) is 5.91 Å². The lowest BCUT2D eigenvalue weighted by atomic mass is 10.2. The number of hydrogen-bond acceptors (Lipinski definition) is 4. The third-order valence-corrected chi connectivity index (χ3v) is 2.99. The summed E-state index contributed by atoms with van der Waals surface area (Å²) in [4.78, 5) is 16.6. The number of nitrogens with zero attached hydrogens (tertiary/aromatic N) is 2. The first kappa shape index (κ1) is 15.1. The maximum atomic E-state index is 14.0. The zero-order chi connectivity index (χ0) is 15.4. The van der Waals surface area contributed by atoms with Gasteiger partial charge >= 0.3 is 0 Å². The van der Waals surface area contributed by atoms with Gasteiger partial charge in [-0.15, -0.1) is 0 Å². The van der Waals surface area contributed by atoms with E-state index in [1.165, 1.54) is 11.1 Å². The number of hydrogen-bond donors (Lipinski definition) is 2. The van der Waals surface area contributed by atoms with Crippen molar-refractivity contribution in [2.45, 2.75) is 6.54 Å². The fraction of sp³-hybridized carbons (Fsp3) is 0.143. The Labute approximate surface area is 126 Å². The van der Waals surface area contributed by atoms with Gasteiger partial charge in [0.15, 0.2) is 11.6 Å². The second kappa shape index (κ2) is 6.41. The van der Waals surface area contributed by atoms with Gasteiger partial charge < -0.3 is 16.4 Å². The highest BCUT2D eigenvalue weighted by Gasteiger charge is 2.16. The van der Waals surface area contributed by atoms with Crippen LogP contribution in [0.3, 0.4) is 0 Å². The Bertz CT molecular complexity index is 648. The van der Waals surface area contributed by atoms with E-state index in [4.69, 9.17) is 23.1 Å². The summed E-state index contributed by atoms with van der Waals surface area (Å²) in [6, 6.07) is 8.17. The molecule has 0 bridgehead atoms. The van der Waals surface area contributed by atoms with Crippen molar-refractivity contribution in [2.75, 3.05) is 17.2 Å². The van der Waals surface area contributed by atoms with E-state index in [9.17, 15) is 9.18 Å². The molecule has 2 rings (SSSR count). The number of carbonyl (C=O) groups is 1. The number of pyridine rings is 1. The van der Waals surface area contributed by atoms with Crippen LogP contribution < -0.4 is 16.4 Å². The molecule has 2 aromatic rings. The second-order valence-corrected chi connectivity index (χ2v) is 4.96. The summed E-state index contributed by atoms with van der Waals surface area (Å²) in [6.07, 6.45) is 1.32. The van der Waals surface area contributed by atoms with E-state index in [2.05, 4.69) is 4.98 Å². The number of benzene rings is 1. The Morgan fingerprint density at radius 2 is 2.00 bits per heavy atom. The Balaban J connectivity index is 2.29. The van der Waals surface area contributed by atoms with Crippen molar-refractivity contribution in [2.24, 2.45) is 5.73 Å². The van der Waals surface area contributed by atoms with Crippen molar-refractivity contribution < 1.29 is 9.18 Å². The molecule has 0 spiro atoms. The fourth-order valence-electron chi connectivity index (χ4n) is 1.88. The first-order valence-corrected chi connectivity index (χ1v) is 6.52. The smallest absolute Gasteiger partial charge is 0.237 e. The van der Waals surface area contributed by atoms with Gasteiger partial charge in [0, 0.05) is 18.4 Å². The van der Waals surface area contributed by atoms with E-state index in [1.807, 2.05) is 0 Å². The SMILES string of the molecule is NC(=O)CN(Cc1ccc(N)cc1)c1ncc(Cl)cc1F. The third-order valence-electron chi connectivity index (χ3n) is 2.79. The quantitative estimate of drug-likeness (QED) is 0.827. The van der Waals surface area contributed by atoms with E-state index in [0.29, 0.717) is 5.69 Å². The molecule has 0 radical (unpaired) electrons. The molecule has 0 fully saturated rings. The lowest BCUT2D eigenvalue weighted by Gasteiger charge is -2.22. The molecule has 0 aliphatic heterocycles. The van der Waals surface area contributed by atoms with Crippen LogP contribution in [0.5, 0.6) is 0 Å². The molecule has 1 heterocycles. The van der Waals surface area contributed by atoms with Crippen molar-refractivity contribution in [3.05, 3.63) is 52.9 Å². The highest BCUT2D eigenvalue weighted by molar-refractivity contribution is 6.30. The monoisotopic (exact) mass is 308 g/mol. The average molecular weight is 309 g/mol. The van der Waals surface area contributed by atoms with Gasteiger partial charge in [-0.1, -0.05) is 23.7 Å². The standard InChI is InChI=1S/C14H14ClFN4O/c15-10-5-12(16)14(19-6-10)20(8-13(18)21)7-9-1-3-11(17)4-2-9/h1-6H,7-8,17H2,(H2,18,21). The maximum absolute atomic E-state index is 14.0. The lowest BCUT2D eigenvalue weighted by molar-refractivity contribution is -0.116. The zero-order valence-electron chi connectivity index (χ0n) is 11.1. The molecule has 1 amide bonds. The molecule has 1 aromatic carbocycles. The third kappa shape index (κ3) is 4.06. The Morgan fingerprint density at radius 1 is 1.33 bits per heavy atom. The van der Waals surface area contributed by atoms with Crippen LogP contribution in [0.2, 0.25) is 5.02 Å². The van der Waals surface area contributed by atoms with E-state index in [1.54, 1.807) is 24.3 Å². The molecular weight excluding hydrogens is 295 g/mol. The van der Waals surface area contributed by atoms with Gasteiger partial charge in [0.25, 0.3) is 0 Å². The highest BCUT2D eigenvalue weighted by atomic mass is 35.5. The van der Waals surface area contributed by atoms with E-state index < -0.39 is 11.7 Å². The molecule has 5 nitrogen and oxygen atoms in total. The van der Waals surface area contributed by atoms with Crippen LogP contribution in [-0.2, 0) is 11.3 Å². The summed E-state index contributed by atoms with van der Waals surface area (Å²) in [5.41, 5.74) is 12.3. The van der Waals surface area contributed by atoms with Crippen LogP contribution in [0.25, 0.3) is 0 Å². The summed E-state index contributed by atoms with van der Waals surface area (Å²) in [5.74, 6) is -1.17. The number of anilines is 2. The predicted octanol–water partition coefficient (Wildman–Crippen LogP) is 1.95. The molecule has 7 heteroatoms. The van der Waals surface area contributed by atoms with Gasteiger partial charge in [-0.2, -0.15) is 0 Å². The van der Waals surface area contributed by atoms with Gasteiger partial charge in [-0.3, -0.25) is 4.79 Å². The second-order valence-electron chi connectivity index (χ2n) is 4.52. The zero-order valence-corrected chi connectivity index (χ0v) is 11.8. The minimum absolute atomic E-state index is 0.0232. The molecule has 0 unspecified atom stereocenters. The topological polar surface area (TPSA) is 85.2 Å². The first-order chi connectivity index (χ1) is 9.95. The molecule has 0 saturated carbocycles. The number of nitrogen functional groups attached to an aromatic ring is 1. The molecule has 21 heavy (non-hydrogen) atoms. The molecule has 0 aliphatic carbocycles. The summed E-state index contributed by atoms with van der Waals surface area (Å²) in [6.45, 7) is 0.116. The van der Waals surface area contributed by atoms with Crippen molar-refractivity contribution >= 4 is 29.0 Å². The average Bonchev–Trinajstić information content (AvgIpc) is 2.40. The molecule has 0 aliphatic rings. The molecule has 110 valence electrons.